The molecule has 0 aliphatic heterocycles. The normalized spacial score (nSPS) is 10.8. The zero-order valence-corrected chi connectivity index (χ0v) is 11.1. The van der Waals surface area contributed by atoms with Gasteiger partial charge in [0.05, 0.1) is 16.6 Å². The molecule has 6 nitrogen and oxygen atoms in total. The zero-order chi connectivity index (χ0) is 15.9. The van der Waals surface area contributed by atoms with Crippen molar-refractivity contribution in [1.29, 1.82) is 0 Å². The summed E-state index contributed by atoms with van der Waals surface area (Å²) in [4.78, 5) is 29.3. The lowest BCUT2D eigenvalue weighted by Gasteiger charge is -1.97. The molecule has 0 atom stereocenters. The summed E-state index contributed by atoms with van der Waals surface area (Å²) in [7, 11) is 0. The lowest BCUT2D eigenvalue weighted by molar-refractivity contribution is 0.0696. The summed E-state index contributed by atoms with van der Waals surface area (Å²) in [5.41, 5.74) is 6.57. The lowest BCUT2D eigenvalue weighted by atomic mass is 10.1. The first kappa shape index (κ1) is 13.7. The van der Waals surface area contributed by atoms with Gasteiger partial charge in [-0.05, 0) is 24.3 Å². The van der Waals surface area contributed by atoms with E-state index in [9.17, 15) is 14.0 Å². The number of amides is 1. The fraction of sp³-hybridized carbons (Fsp3) is 0. The Morgan fingerprint density at radius 2 is 1.86 bits per heavy atom. The van der Waals surface area contributed by atoms with E-state index >= 15 is 0 Å². The number of hydrogen-bond acceptors (Lipinski definition) is 3. The van der Waals surface area contributed by atoms with Gasteiger partial charge in [0, 0.05) is 5.56 Å². The maximum Gasteiger partial charge on any atom is 0.335 e. The van der Waals surface area contributed by atoms with Gasteiger partial charge in [0.2, 0.25) is 0 Å². The van der Waals surface area contributed by atoms with Gasteiger partial charge in [-0.2, -0.15) is 0 Å². The number of rotatable bonds is 3. The van der Waals surface area contributed by atoms with E-state index in [0.717, 1.165) is 6.07 Å². The number of carboxylic acid groups (broad SMARTS) is 1. The molecular weight excluding hydrogens is 289 g/mol. The number of fused-ring (bicyclic) bond motifs is 1. The minimum atomic E-state index is -1.03. The van der Waals surface area contributed by atoms with Gasteiger partial charge in [-0.15, -0.1) is 0 Å². The molecule has 1 amide bonds. The molecule has 0 saturated heterocycles. The van der Waals surface area contributed by atoms with Crippen molar-refractivity contribution >= 4 is 22.9 Å². The van der Waals surface area contributed by atoms with Crippen LogP contribution in [-0.2, 0) is 0 Å². The van der Waals surface area contributed by atoms with E-state index in [1.165, 1.54) is 18.2 Å². The Morgan fingerprint density at radius 3 is 2.45 bits per heavy atom. The average Bonchev–Trinajstić information content (AvgIpc) is 2.89. The summed E-state index contributed by atoms with van der Waals surface area (Å²) in [6, 6.07) is 8.25. The number of carbonyl (C=O) groups is 2. The number of halogens is 1. The first-order valence-electron chi connectivity index (χ1n) is 6.28. The quantitative estimate of drug-likeness (QED) is 0.688. The van der Waals surface area contributed by atoms with E-state index in [1.807, 2.05) is 0 Å². The first-order valence-corrected chi connectivity index (χ1v) is 6.28. The van der Waals surface area contributed by atoms with Gasteiger partial charge in [-0.1, -0.05) is 12.1 Å². The number of benzene rings is 2. The molecule has 2 aromatic carbocycles. The fourth-order valence-electron chi connectivity index (χ4n) is 2.18. The lowest BCUT2D eigenvalue weighted by Crippen LogP contribution is -2.11. The van der Waals surface area contributed by atoms with Crippen molar-refractivity contribution in [2.45, 2.75) is 0 Å². The molecule has 7 heteroatoms. The van der Waals surface area contributed by atoms with E-state index in [1.54, 1.807) is 12.1 Å². The first-order chi connectivity index (χ1) is 10.5. The predicted octanol–water partition coefficient (Wildman–Crippen LogP) is 2.17. The minimum absolute atomic E-state index is 0.0142. The molecule has 0 fully saturated rings. The summed E-state index contributed by atoms with van der Waals surface area (Å²) in [5.74, 6) is -2.02. The Balaban J connectivity index is 2.14. The Morgan fingerprint density at radius 1 is 1.18 bits per heavy atom. The summed E-state index contributed by atoms with van der Waals surface area (Å²) in [6.07, 6.45) is 0. The zero-order valence-electron chi connectivity index (χ0n) is 11.1. The van der Waals surface area contributed by atoms with Crippen molar-refractivity contribution < 1.29 is 19.1 Å². The van der Waals surface area contributed by atoms with Gasteiger partial charge in [-0.3, -0.25) is 4.79 Å². The van der Waals surface area contributed by atoms with E-state index in [2.05, 4.69) is 9.97 Å². The third-order valence-electron chi connectivity index (χ3n) is 3.22. The van der Waals surface area contributed by atoms with Crippen LogP contribution in [0.1, 0.15) is 20.7 Å². The second-order valence-electron chi connectivity index (χ2n) is 4.68. The summed E-state index contributed by atoms with van der Waals surface area (Å²) in [5, 5.41) is 8.87. The van der Waals surface area contributed by atoms with Crippen molar-refractivity contribution in [3.05, 3.63) is 53.3 Å². The van der Waals surface area contributed by atoms with Crippen LogP contribution in [0.5, 0.6) is 0 Å². The molecule has 0 unspecified atom stereocenters. The smallest absolute Gasteiger partial charge is 0.335 e. The number of primary amides is 1. The number of H-pyrrole nitrogens is 1. The Kier molecular flexibility index (Phi) is 3.10. The summed E-state index contributed by atoms with van der Waals surface area (Å²) < 4.78 is 13.5. The molecule has 0 aliphatic rings. The molecule has 4 N–H and O–H groups in total. The van der Waals surface area contributed by atoms with Crippen LogP contribution in [0.3, 0.4) is 0 Å². The van der Waals surface area contributed by atoms with Gasteiger partial charge in [0.25, 0.3) is 5.91 Å². The predicted molar refractivity (Wildman–Crippen MR) is 77.0 cm³/mol. The molecule has 1 aromatic heterocycles. The van der Waals surface area contributed by atoms with Crippen molar-refractivity contribution in [3.8, 4) is 11.4 Å². The Labute approximate surface area is 123 Å². The van der Waals surface area contributed by atoms with Crippen molar-refractivity contribution in [2.75, 3.05) is 0 Å². The van der Waals surface area contributed by atoms with Gasteiger partial charge in [-0.25, -0.2) is 14.2 Å². The van der Waals surface area contributed by atoms with Crippen molar-refractivity contribution in [2.24, 2.45) is 5.73 Å². The number of aromatic amines is 1. The second-order valence-corrected chi connectivity index (χ2v) is 4.68. The van der Waals surface area contributed by atoms with E-state index < -0.39 is 17.7 Å². The molecule has 3 rings (SSSR count). The number of nitrogens with zero attached hydrogens (tertiary/aromatic N) is 1. The number of aromatic nitrogens is 2. The number of nitrogens with one attached hydrogen (secondary N) is 1. The number of aromatic carboxylic acids is 1. The second kappa shape index (κ2) is 4.96. The fourth-order valence-corrected chi connectivity index (χ4v) is 2.18. The van der Waals surface area contributed by atoms with E-state index in [0.29, 0.717) is 16.9 Å². The van der Waals surface area contributed by atoms with Crippen LogP contribution < -0.4 is 5.73 Å². The molecular formula is C15H10FN3O3. The highest BCUT2D eigenvalue weighted by molar-refractivity contribution is 6.04. The average molecular weight is 299 g/mol. The molecule has 22 heavy (non-hydrogen) atoms. The highest BCUT2D eigenvalue weighted by Crippen LogP contribution is 2.24. The third kappa shape index (κ3) is 2.28. The molecule has 0 aliphatic carbocycles. The van der Waals surface area contributed by atoms with Crippen LogP contribution in [0.15, 0.2) is 36.4 Å². The Hall–Kier alpha value is -3.22. The summed E-state index contributed by atoms with van der Waals surface area (Å²) in [6.45, 7) is 0. The number of hydrogen-bond donors (Lipinski definition) is 3. The monoisotopic (exact) mass is 299 g/mol. The van der Waals surface area contributed by atoms with E-state index in [-0.39, 0.29) is 16.6 Å². The number of nitrogens with two attached hydrogens (primary N) is 1. The number of carbonyl (C=O) groups excluding carboxylic acids is 1. The van der Waals surface area contributed by atoms with Crippen LogP contribution in [0.4, 0.5) is 4.39 Å². The maximum atomic E-state index is 13.5. The minimum Gasteiger partial charge on any atom is -0.478 e. The van der Waals surface area contributed by atoms with Crippen LogP contribution in [0.25, 0.3) is 22.4 Å². The molecule has 1 heterocycles. The standard InChI is InChI=1S/C15H10FN3O3/c16-9-5-10(13(17)20)12-11(6-9)18-14(19-12)7-1-3-8(4-2-7)15(21)22/h1-6H,(H2,17,20)(H,18,19)(H,21,22). The van der Waals surface area contributed by atoms with E-state index in [4.69, 9.17) is 10.8 Å². The number of carboxylic acids is 1. The van der Waals surface area contributed by atoms with Gasteiger partial charge in [0.15, 0.2) is 0 Å². The molecule has 0 bridgehead atoms. The van der Waals surface area contributed by atoms with Crippen molar-refractivity contribution in [1.82, 2.24) is 9.97 Å². The third-order valence-corrected chi connectivity index (χ3v) is 3.22. The van der Waals surface area contributed by atoms with Crippen LogP contribution in [-0.4, -0.2) is 27.0 Å². The summed E-state index contributed by atoms with van der Waals surface area (Å²) >= 11 is 0. The maximum absolute atomic E-state index is 13.5. The van der Waals surface area contributed by atoms with Crippen LogP contribution in [0, 0.1) is 5.82 Å². The van der Waals surface area contributed by atoms with Gasteiger partial charge >= 0.3 is 5.97 Å². The SMILES string of the molecule is NC(=O)c1cc(F)cc2[nH]c(-c3ccc(C(=O)O)cc3)nc12. The highest BCUT2D eigenvalue weighted by Gasteiger charge is 2.14. The Bertz CT molecular complexity index is 900. The topological polar surface area (TPSA) is 109 Å². The highest BCUT2D eigenvalue weighted by atomic mass is 19.1. The molecule has 3 aromatic rings. The van der Waals surface area contributed by atoms with Gasteiger partial charge in [0.1, 0.15) is 17.2 Å². The molecule has 0 radical (unpaired) electrons. The van der Waals surface area contributed by atoms with Gasteiger partial charge < -0.3 is 15.8 Å². The molecule has 0 saturated carbocycles. The largest absolute Gasteiger partial charge is 0.478 e. The number of imidazole rings is 1. The van der Waals surface area contributed by atoms with Crippen molar-refractivity contribution in [3.63, 3.8) is 0 Å². The van der Waals surface area contributed by atoms with Crippen LogP contribution in [0.2, 0.25) is 0 Å². The van der Waals surface area contributed by atoms with Crippen LogP contribution >= 0.6 is 0 Å². The molecule has 0 spiro atoms. The molecule has 110 valence electrons.